The second kappa shape index (κ2) is 13.2. The Hall–Kier alpha value is -0.470. The van der Waals surface area contributed by atoms with E-state index in [1.165, 1.54) is 62.7 Å². The highest BCUT2D eigenvalue weighted by molar-refractivity contribution is 8.00. The maximum absolute atomic E-state index is 5.38. The summed E-state index contributed by atoms with van der Waals surface area (Å²) in [6, 6.07) is 10.7. The minimum absolute atomic E-state index is 0.595. The SMILES string of the molecule is CCCCCCCCCCC(COC)Sc1ccccc1. The summed E-state index contributed by atoms with van der Waals surface area (Å²) in [6.07, 6.45) is 12.4. The largest absolute Gasteiger partial charge is 0.384 e. The Bertz CT molecular complexity index is 326. The third-order valence-electron chi connectivity index (χ3n) is 3.78. The maximum atomic E-state index is 5.38. The summed E-state index contributed by atoms with van der Waals surface area (Å²) in [5.41, 5.74) is 0. The minimum Gasteiger partial charge on any atom is -0.384 e. The van der Waals surface area contributed by atoms with E-state index in [0.717, 1.165) is 6.61 Å². The quantitative estimate of drug-likeness (QED) is 0.311. The van der Waals surface area contributed by atoms with Crippen LogP contribution >= 0.6 is 11.8 Å². The molecule has 0 amide bonds. The standard InChI is InChI=1S/C19H32OS/c1-3-4-5-6-7-8-9-11-16-19(17-20-2)21-18-14-12-10-13-15-18/h10,12-15,19H,3-9,11,16-17H2,1-2H3. The predicted octanol–water partition coefficient (Wildman–Crippen LogP) is 6.32. The molecule has 120 valence electrons. The average molecular weight is 309 g/mol. The molecule has 1 rings (SSSR count). The summed E-state index contributed by atoms with van der Waals surface area (Å²) < 4.78 is 5.38. The molecule has 1 unspecified atom stereocenters. The van der Waals surface area contributed by atoms with Gasteiger partial charge in [-0.3, -0.25) is 0 Å². The van der Waals surface area contributed by atoms with Crippen LogP contribution in [0.4, 0.5) is 0 Å². The van der Waals surface area contributed by atoms with Crippen molar-refractivity contribution < 1.29 is 4.74 Å². The molecule has 2 heteroatoms. The molecular weight excluding hydrogens is 276 g/mol. The van der Waals surface area contributed by atoms with Crippen LogP contribution in [0.15, 0.2) is 35.2 Å². The molecule has 1 aromatic rings. The molecular formula is C19H32OS. The number of ether oxygens (including phenoxy) is 1. The molecule has 0 spiro atoms. The molecule has 0 fully saturated rings. The van der Waals surface area contributed by atoms with Crippen LogP contribution in [0.25, 0.3) is 0 Å². The number of rotatable bonds is 13. The van der Waals surface area contributed by atoms with Crippen molar-refractivity contribution in [3.05, 3.63) is 30.3 Å². The van der Waals surface area contributed by atoms with Crippen molar-refractivity contribution in [2.24, 2.45) is 0 Å². The van der Waals surface area contributed by atoms with E-state index in [4.69, 9.17) is 4.74 Å². The van der Waals surface area contributed by atoms with Gasteiger partial charge in [-0.15, -0.1) is 11.8 Å². The fourth-order valence-electron chi connectivity index (χ4n) is 2.56. The Morgan fingerprint density at radius 1 is 0.905 bits per heavy atom. The van der Waals surface area contributed by atoms with Gasteiger partial charge in [-0.2, -0.15) is 0 Å². The Labute approximate surface area is 135 Å². The first-order valence-corrected chi connectivity index (χ1v) is 9.45. The van der Waals surface area contributed by atoms with Gasteiger partial charge in [-0.25, -0.2) is 0 Å². The highest BCUT2D eigenvalue weighted by Gasteiger charge is 2.09. The first kappa shape index (κ1) is 18.6. The lowest BCUT2D eigenvalue weighted by Gasteiger charge is -2.15. The van der Waals surface area contributed by atoms with Gasteiger partial charge in [0.05, 0.1) is 6.61 Å². The molecule has 0 heterocycles. The lowest BCUT2D eigenvalue weighted by atomic mass is 10.1. The monoisotopic (exact) mass is 308 g/mol. The molecule has 21 heavy (non-hydrogen) atoms. The van der Waals surface area contributed by atoms with Crippen molar-refractivity contribution in [2.45, 2.75) is 74.9 Å². The van der Waals surface area contributed by atoms with E-state index in [0.29, 0.717) is 5.25 Å². The van der Waals surface area contributed by atoms with Crippen LogP contribution < -0.4 is 0 Å². The van der Waals surface area contributed by atoms with Gasteiger partial charge in [0.2, 0.25) is 0 Å². The molecule has 0 aliphatic carbocycles. The summed E-state index contributed by atoms with van der Waals surface area (Å²) in [5, 5.41) is 0.595. The van der Waals surface area contributed by atoms with E-state index in [-0.39, 0.29) is 0 Å². The van der Waals surface area contributed by atoms with Crippen LogP contribution in [0.1, 0.15) is 64.7 Å². The van der Waals surface area contributed by atoms with Gasteiger partial charge in [0.15, 0.2) is 0 Å². The summed E-state index contributed by atoms with van der Waals surface area (Å²) in [5.74, 6) is 0. The van der Waals surface area contributed by atoms with Gasteiger partial charge in [-0.05, 0) is 18.6 Å². The molecule has 0 radical (unpaired) electrons. The predicted molar refractivity (Wildman–Crippen MR) is 95.2 cm³/mol. The molecule has 1 atom stereocenters. The smallest absolute Gasteiger partial charge is 0.0584 e. The van der Waals surface area contributed by atoms with Gasteiger partial charge in [-0.1, -0.05) is 76.5 Å². The van der Waals surface area contributed by atoms with E-state index in [9.17, 15) is 0 Å². The van der Waals surface area contributed by atoms with Gasteiger partial charge < -0.3 is 4.74 Å². The Morgan fingerprint density at radius 3 is 2.14 bits per heavy atom. The highest BCUT2D eigenvalue weighted by Crippen LogP contribution is 2.27. The number of benzene rings is 1. The topological polar surface area (TPSA) is 9.23 Å². The number of thioether (sulfide) groups is 1. The van der Waals surface area contributed by atoms with Gasteiger partial charge in [0.1, 0.15) is 0 Å². The Morgan fingerprint density at radius 2 is 1.52 bits per heavy atom. The molecule has 0 aromatic heterocycles. The van der Waals surface area contributed by atoms with Crippen LogP contribution in [-0.4, -0.2) is 19.0 Å². The van der Waals surface area contributed by atoms with E-state index < -0.39 is 0 Å². The normalized spacial score (nSPS) is 12.5. The maximum Gasteiger partial charge on any atom is 0.0584 e. The molecule has 0 N–H and O–H groups in total. The summed E-state index contributed by atoms with van der Waals surface area (Å²) in [7, 11) is 1.81. The number of methoxy groups -OCH3 is 1. The third kappa shape index (κ3) is 9.97. The van der Waals surface area contributed by atoms with E-state index >= 15 is 0 Å². The molecule has 0 saturated heterocycles. The summed E-state index contributed by atoms with van der Waals surface area (Å²) >= 11 is 1.96. The van der Waals surface area contributed by atoms with Crippen molar-refractivity contribution in [2.75, 3.05) is 13.7 Å². The second-order valence-electron chi connectivity index (χ2n) is 5.77. The number of unbranched alkanes of at least 4 members (excludes halogenated alkanes) is 7. The zero-order chi connectivity index (χ0) is 15.2. The van der Waals surface area contributed by atoms with Crippen molar-refractivity contribution in [1.82, 2.24) is 0 Å². The van der Waals surface area contributed by atoms with E-state index in [1.807, 2.05) is 18.9 Å². The van der Waals surface area contributed by atoms with Crippen LogP contribution in [0.2, 0.25) is 0 Å². The number of hydrogen-bond acceptors (Lipinski definition) is 2. The summed E-state index contributed by atoms with van der Waals surface area (Å²) in [4.78, 5) is 1.36. The minimum atomic E-state index is 0.595. The third-order valence-corrected chi connectivity index (χ3v) is 5.03. The zero-order valence-electron chi connectivity index (χ0n) is 13.9. The fourth-order valence-corrected chi connectivity index (χ4v) is 3.75. The Balaban J connectivity index is 2.11. The van der Waals surface area contributed by atoms with Crippen molar-refractivity contribution in [3.63, 3.8) is 0 Å². The molecule has 0 saturated carbocycles. The second-order valence-corrected chi connectivity index (χ2v) is 7.15. The van der Waals surface area contributed by atoms with Gasteiger partial charge >= 0.3 is 0 Å². The van der Waals surface area contributed by atoms with Gasteiger partial charge in [0.25, 0.3) is 0 Å². The fraction of sp³-hybridized carbons (Fsp3) is 0.684. The first-order chi connectivity index (χ1) is 10.4. The van der Waals surface area contributed by atoms with Crippen LogP contribution in [0.3, 0.4) is 0 Å². The molecule has 0 aliphatic rings. The van der Waals surface area contributed by atoms with Crippen LogP contribution in [0.5, 0.6) is 0 Å². The van der Waals surface area contributed by atoms with Crippen molar-refractivity contribution in [1.29, 1.82) is 0 Å². The van der Waals surface area contributed by atoms with E-state index in [2.05, 4.69) is 37.3 Å². The molecule has 0 bridgehead atoms. The van der Waals surface area contributed by atoms with Crippen LogP contribution in [0, 0.1) is 0 Å². The highest BCUT2D eigenvalue weighted by atomic mass is 32.2. The molecule has 1 aromatic carbocycles. The van der Waals surface area contributed by atoms with Crippen molar-refractivity contribution in [3.8, 4) is 0 Å². The zero-order valence-corrected chi connectivity index (χ0v) is 14.7. The van der Waals surface area contributed by atoms with Crippen LogP contribution in [-0.2, 0) is 4.74 Å². The van der Waals surface area contributed by atoms with Gasteiger partial charge in [0, 0.05) is 17.3 Å². The van der Waals surface area contributed by atoms with Crippen molar-refractivity contribution >= 4 is 11.8 Å². The average Bonchev–Trinajstić information content (AvgIpc) is 2.51. The molecule has 1 nitrogen and oxygen atoms in total. The lowest BCUT2D eigenvalue weighted by Crippen LogP contribution is -2.10. The first-order valence-electron chi connectivity index (χ1n) is 8.57. The van der Waals surface area contributed by atoms with E-state index in [1.54, 1.807) is 0 Å². The molecule has 0 aliphatic heterocycles. The number of hydrogen-bond donors (Lipinski definition) is 0. The lowest BCUT2D eigenvalue weighted by molar-refractivity contribution is 0.196. The summed E-state index contributed by atoms with van der Waals surface area (Å²) in [6.45, 7) is 3.14. The Kier molecular flexibility index (Phi) is 11.7.